The number of carbonyl (C=O) groups excluding carboxylic acids is 1. The summed E-state index contributed by atoms with van der Waals surface area (Å²) in [5, 5.41) is 3.33. The van der Waals surface area contributed by atoms with Crippen LogP contribution in [0.3, 0.4) is 0 Å². The van der Waals surface area contributed by atoms with Crippen molar-refractivity contribution in [1.29, 1.82) is 0 Å². The van der Waals surface area contributed by atoms with Gasteiger partial charge in [0, 0.05) is 6.04 Å². The topological polar surface area (TPSA) is 32.3 Å². The number of nitrogens with one attached hydrogen (secondary N) is 1. The van der Waals surface area contributed by atoms with Crippen molar-refractivity contribution in [3.05, 3.63) is 0 Å². The molecule has 3 heteroatoms. The molecule has 94 valence electrons. The Balaban J connectivity index is 2.49. The van der Waals surface area contributed by atoms with Gasteiger partial charge in [0.25, 0.3) is 0 Å². The summed E-state index contributed by atoms with van der Waals surface area (Å²) in [5.74, 6) is 0.886. The van der Waals surface area contributed by atoms with Gasteiger partial charge in [-0.15, -0.1) is 0 Å². The van der Waals surface area contributed by atoms with E-state index < -0.39 is 0 Å². The molecule has 1 aliphatic rings. The Kier molecular flexibility index (Phi) is 5.26. The van der Waals surface area contributed by atoms with E-state index in [4.69, 9.17) is 0 Å². The van der Waals surface area contributed by atoms with Crippen LogP contribution in [0.15, 0.2) is 0 Å². The quantitative estimate of drug-likeness (QED) is 0.754. The molecule has 1 fully saturated rings. The average molecular weight is 226 g/mol. The van der Waals surface area contributed by atoms with Gasteiger partial charge in [0.1, 0.15) is 0 Å². The molecule has 3 atom stereocenters. The lowest BCUT2D eigenvalue weighted by Crippen LogP contribution is -2.40. The van der Waals surface area contributed by atoms with Crippen molar-refractivity contribution in [1.82, 2.24) is 10.2 Å². The summed E-state index contributed by atoms with van der Waals surface area (Å²) in [4.78, 5) is 14.1. The maximum absolute atomic E-state index is 12.1. The average Bonchev–Trinajstić information content (AvgIpc) is 2.66. The minimum absolute atomic E-state index is 0.0754. The van der Waals surface area contributed by atoms with E-state index in [0.717, 1.165) is 32.4 Å². The van der Waals surface area contributed by atoms with E-state index in [-0.39, 0.29) is 6.04 Å². The molecule has 0 aromatic heterocycles. The molecular weight excluding hydrogens is 200 g/mol. The number of amides is 1. The van der Waals surface area contributed by atoms with Crippen LogP contribution in [0, 0.1) is 5.92 Å². The molecule has 1 amide bonds. The van der Waals surface area contributed by atoms with Crippen LogP contribution in [-0.4, -0.2) is 29.6 Å². The highest BCUT2D eigenvalue weighted by atomic mass is 16.2. The fourth-order valence-electron chi connectivity index (χ4n) is 2.20. The minimum Gasteiger partial charge on any atom is -0.326 e. The zero-order valence-electron chi connectivity index (χ0n) is 11.1. The van der Waals surface area contributed by atoms with E-state index in [9.17, 15) is 4.79 Å². The first kappa shape index (κ1) is 13.5. The third-order valence-corrected chi connectivity index (χ3v) is 3.89. The molecule has 0 aromatic carbocycles. The monoisotopic (exact) mass is 226 g/mol. The number of hydrogen-bond acceptors (Lipinski definition) is 2. The Bertz CT molecular complexity index is 230. The highest BCUT2D eigenvalue weighted by Crippen LogP contribution is 2.19. The molecule has 0 spiro atoms. The van der Waals surface area contributed by atoms with Crippen LogP contribution in [0.1, 0.15) is 53.4 Å². The van der Waals surface area contributed by atoms with E-state index in [1.165, 1.54) is 0 Å². The predicted molar refractivity (Wildman–Crippen MR) is 67.1 cm³/mol. The van der Waals surface area contributed by atoms with Gasteiger partial charge in [0.05, 0.1) is 12.7 Å². The molecule has 1 heterocycles. The third kappa shape index (κ3) is 2.97. The van der Waals surface area contributed by atoms with E-state index in [2.05, 4.69) is 33.0 Å². The summed E-state index contributed by atoms with van der Waals surface area (Å²) in [6.07, 6.45) is 4.41. The van der Waals surface area contributed by atoms with Gasteiger partial charge in [-0.05, 0) is 19.3 Å². The van der Waals surface area contributed by atoms with Crippen LogP contribution in [0.4, 0.5) is 0 Å². The number of hydrogen-bond donors (Lipinski definition) is 1. The standard InChI is InChI=1S/C13H26N2O/c1-5-7-8-12-13(16)15(9-14-12)11(4)10(3)6-2/h10-12,14H,5-9H2,1-4H3. The smallest absolute Gasteiger partial charge is 0.241 e. The van der Waals surface area contributed by atoms with Crippen molar-refractivity contribution >= 4 is 5.91 Å². The van der Waals surface area contributed by atoms with E-state index >= 15 is 0 Å². The Morgan fingerprint density at radius 1 is 1.44 bits per heavy atom. The lowest BCUT2D eigenvalue weighted by atomic mass is 9.99. The molecule has 0 aliphatic carbocycles. The molecule has 0 aromatic rings. The highest BCUT2D eigenvalue weighted by Gasteiger charge is 2.34. The van der Waals surface area contributed by atoms with Crippen LogP contribution in [0.5, 0.6) is 0 Å². The maximum atomic E-state index is 12.1. The second-order valence-electron chi connectivity index (χ2n) is 4.99. The first-order chi connectivity index (χ1) is 7.61. The normalized spacial score (nSPS) is 24.9. The zero-order chi connectivity index (χ0) is 12.1. The lowest BCUT2D eigenvalue weighted by molar-refractivity contribution is -0.131. The van der Waals surface area contributed by atoms with Crippen LogP contribution >= 0.6 is 0 Å². The molecule has 1 N–H and O–H groups in total. The molecule has 0 radical (unpaired) electrons. The van der Waals surface area contributed by atoms with Gasteiger partial charge in [-0.2, -0.15) is 0 Å². The Hall–Kier alpha value is -0.570. The molecule has 1 aliphatic heterocycles. The van der Waals surface area contributed by atoms with Gasteiger partial charge in [-0.3, -0.25) is 10.1 Å². The number of nitrogens with zero attached hydrogens (tertiary/aromatic N) is 1. The molecule has 16 heavy (non-hydrogen) atoms. The van der Waals surface area contributed by atoms with Crippen molar-refractivity contribution in [2.75, 3.05) is 6.67 Å². The molecule has 3 unspecified atom stereocenters. The van der Waals surface area contributed by atoms with Crippen LogP contribution < -0.4 is 5.32 Å². The molecule has 1 rings (SSSR count). The van der Waals surface area contributed by atoms with E-state index in [0.29, 0.717) is 17.9 Å². The SMILES string of the molecule is CCCCC1NCN(C(C)C(C)CC)C1=O. The maximum Gasteiger partial charge on any atom is 0.241 e. The molecule has 3 nitrogen and oxygen atoms in total. The van der Waals surface area contributed by atoms with Crippen molar-refractivity contribution < 1.29 is 4.79 Å². The summed E-state index contributed by atoms with van der Waals surface area (Å²) in [6.45, 7) is 9.47. The molecule has 0 saturated carbocycles. The molecule has 1 saturated heterocycles. The van der Waals surface area contributed by atoms with Gasteiger partial charge in [-0.25, -0.2) is 0 Å². The van der Waals surface area contributed by atoms with Gasteiger partial charge in [0.2, 0.25) is 5.91 Å². The third-order valence-electron chi connectivity index (χ3n) is 3.89. The van der Waals surface area contributed by atoms with E-state index in [1.54, 1.807) is 0 Å². The first-order valence-corrected chi connectivity index (χ1v) is 6.65. The van der Waals surface area contributed by atoms with Crippen LogP contribution in [0.25, 0.3) is 0 Å². The first-order valence-electron chi connectivity index (χ1n) is 6.65. The van der Waals surface area contributed by atoms with Gasteiger partial charge in [0.15, 0.2) is 0 Å². The summed E-state index contributed by atoms with van der Waals surface area (Å²) < 4.78 is 0. The molecular formula is C13H26N2O. The van der Waals surface area contributed by atoms with Crippen LogP contribution in [0.2, 0.25) is 0 Å². The van der Waals surface area contributed by atoms with Crippen molar-refractivity contribution in [3.63, 3.8) is 0 Å². The second kappa shape index (κ2) is 6.24. The summed E-state index contributed by atoms with van der Waals surface area (Å²) in [5.41, 5.74) is 0. The Labute approximate surface area is 99.6 Å². The number of carbonyl (C=O) groups is 1. The van der Waals surface area contributed by atoms with Crippen molar-refractivity contribution in [2.24, 2.45) is 5.92 Å². The zero-order valence-corrected chi connectivity index (χ0v) is 11.1. The molecule has 0 bridgehead atoms. The van der Waals surface area contributed by atoms with Crippen LogP contribution in [-0.2, 0) is 4.79 Å². The van der Waals surface area contributed by atoms with Gasteiger partial charge < -0.3 is 4.90 Å². The lowest BCUT2D eigenvalue weighted by Gasteiger charge is -2.28. The van der Waals surface area contributed by atoms with Gasteiger partial charge in [-0.1, -0.05) is 40.0 Å². The largest absolute Gasteiger partial charge is 0.326 e. The number of rotatable bonds is 6. The Morgan fingerprint density at radius 2 is 2.12 bits per heavy atom. The van der Waals surface area contributed by atoms with Crippen molar-refractivity contribution in [2.45, 2.75) is 65.5 Å². The minimum atomic E-state index is 0.0754. The summed E-state index contributed by atoms with van der Waals surface area (Å²) >= 11 is 0. The predicted octanol–water partition coefficient (Wildman–Crippen LogP) is 2.37. The summed E-state index contributed by atoms with van der Waals surface area (Å²) in [7, 11) is 0. The van der Waals surface area contributed by atoms with Gasteiger partial charge >= 0.3 is 0 Å². The fourth-order valence-corrected chi connectivity index (χ4v) is 2.20. The number of unbranched alkanes of at least 4 members (excludes halogenated alkanes) is 1. The highest BCUT2D eigenvalue weighted by molar-refractivity contribution is 5.84. The van der Waals surface area contributed by atoms with Crippen molar-refractivity contribution in [3.8, 4) is 0 Å². The second-order valence-corrected chi connectivity index (χ2v) is 4.99. The fraction of sp³-hybridized carbons (Fsp3) is 0.923. The Morgan fingerprint density at radius 3 is 2.69 bits per heavy atom. The summed E-state index contributed by atoms with van der Waals surface area (Å²) in [6, 6.07) is 0.433. The van der Waals surface area contributed by atoms with E-state index in [1.807, 2.05) is 4.90 Å².